The molecule has 2 nitrogen and oxygen atoms in total. The van der Waals surface area contributed by atoms with Gasteiger partial charge in [-0.2, -0.15) is 0 Å². The molecule has 1 aliphatic heterocycles. The Labute approximate surface area is 98.3 Å². The SMILES string of the molecule is CC.CC(=O)N1CCc2ccc(C)cc2C1. The highest BCUT2D eigenvalue weighted by molar-refractivity contribution is 5.73. The third kappa shape index (κ3) is 2.84. The monoisotopic (exact) mass is 219 g/mol. The van der Waals surface area contributed by atoms with Crippen LogP contribution in [0.4, 0.5) is 0 Å². The Morgan fingerprint density at radius 1 is 1.25 bits per heavy atom. The molecule has 0 spiro atoms. The van der Waals surface area contributed by atoms with E-state index in [9.17, 15) is 4.79 Å². The van der Waals surface area contributed by atoms with Gasteiger partial charge >= 0.3 is 0 Å². The maximum absolute atomic E-state index is 11.2. The van der Waals surface area contributed by atoms with Gasteiger partial charge in [0.05, 0.1) is 0 Å². The summed E-state index contributed by atoms with van der Waals surface area (Å²) >= 11 is 0. The topological polar surface area (TPSA) is 20.3 Å². The van der Waals surface area contributed by atoms with Gasteiger partial charge < -0.3 is 4.90 Å². The van der Waals surface area contributed by atoms with Crippen molar-refractivity contribution in [1.82, 2.24) is 4.90 Å². The lowest BCUT2D eigenvalue weighted by Gasteiger charge is -2.28. The van der Waals surface area contributed by atoms with E-state index in [2.05, 4.69) is 25.1 Å². The van der Waals surface area contributed by atoms with Gasteiger partial charge in [0.15, 0.2) is 0 Å². The zero-order valence-electron chi connectivity index (χ0n) is 10.7. The lowest BCUT2D eigenvalue weighted by Crippen LogP contribution is -2.34. The summed E-state index contributed by atoms with van der Waals surface area (Å²) in [6.45, 7) is 9.38. The van der Waals surface area contributed by atoms with E-state index in [1.54, 1.807) is 6.92 Å². The van der Waals surface area contributed by atoms with Gasteiger partial charge in [-0.15, -0.1) is 0 Å². The molecule has 2 heteroatoms. The van der Waals surface area contributed by atoms with Crippen molar-refractivity contribution < 1.29 is 4.79 Å². The summed E-state index contributed by atoms with van der Waals surface area (Å²) in [5.41, 5.74) is 3.98. The Hall–Kier alpha value is -1.31. The van der Waals surface area contributed by atoms with Crippen molar-refractivity contribution in [2.75, 3.05) is 6.54 Å². The average molecular weight is 219 g/mol. The number of fused-ring (bicyclic) bond motifs is 1. The minimum absolute atomic E-state index is 0.178. The highest BCUT2D eigenvalue weighted by Gasteiger charge is 2.17. The minimum Gasteiger partial charge on any atom is -0.338 e. The van der Waals surface area contributed by atoms with Crippen LogP contribution in [-0.4, -0.2) is 17.4 Å². The number of nitrogens with zero attached hydrogens (tertiary/aromatic N) is 1. The second-order valence-electron chi connectivity index (χ2n) is 3.96. The molecule has 0 atom stereocenters. The molecular weight excluding hydrogens is 198 g/mol. The Morgan fingerprint density at radius 2 is 1.94 bits per heavy atom. The van der Waals surface area contributed by atoms with Crippen molar-refractivity contribution in [3.8, 4) is 0 Å². The zero-order valence-corrected chi connectivity index (χ0v) is 10.7. The molecule has 1 heterocycles. The highest BCUT2D eigenvalue weighted by atomic mass is 16.2. The molecule has 2 rings (SSSR count). The summed E-state index contributed by atoms with van der Waals surface area (Å²) in [6.07, 6.45) is 0.995. The highest BCUT2D eigenvalue weighted by Crippen LogP contribution is 2.19. The molecule has 1 aromatic carbocycles. The van der Waals surface area contributed by atoms with E-state index in [1.807, 2.05) is 18.7 Å². The second kappa shape index (κ2) is 5.69. The molecule has 0 saturated heterocycles. The van der Waals surface area contributed by atoms with E-state index in [0.29, 0.717) is 0 Å². The summed E-state index contributed by atoms with van der Waals surface area (Å²) in [4.78, 5) is 13.1. The molecule has 1 amide bonds. The molecule has 1 aromatic rings. The predicted molar refractivity (Wildman–Crippen MR) is 67.3 cm³/mol. The Bertz CT molecular complexity index is 371. The first kappa shape index (κ1) is 12.8. The third-order valence-electron chi connectivity index (χ3n) is 2.82. The van der Waals surface area contributed by atoms with Gasteiger partial charge in [0.25, 0.3) is 0 Å². The van der Waals surface area contributed by atoms with Crippen molar-refractivity contribution in [1.29, 1.82) is 0 Å². The summed E-state index contributed by atoms with van der Waals surface area (Å²) in [6, 6.07) is 6.51. The van der Waals surface area contributed by atoms with Gasteiger partial charge in [0.2, 0.25) is 5.91 Å². The number of aryl methyl sites for hydroxylation is 1. The summed E-state index contributed by atoms with van der Waals surface area (Å²) in [5.74, 6) is 0.178. The number of rotatable bonds is 0. The number of hydrogen-bond donors (Lipinski definition) is 0. The standard InChI is InChI=1S/C12H15NO.C2H6/c1-9-3-4-11-5-6-13(10(2)14)8-12(11)7-9;1-2/h3-4,7H,5-6,8H2,1-2H3;1-2H3. The van der Waals surface area contributed by atoms with Crippen molar-refractivity contribution in [2.45, 2.75) is 40.7 Å². The molecule has 0 aromatic heterocycles. The van der Waals surface area contributed by atoms with E-state index in [1.165, 1.54) is 16.7 Å². The first-order valence-electron chi connectivity index (χ1n) is 6.01. The lowest BCUT2D eigenvalue weighted by molar-refractivity contribution is -0.129. The van der Waals surface area contributed by atoms with E-state index in [-0.39, 0.29) is 5.91 Å². The number of carbonyl (C=O) groups excluding carboxylic acids is 1. The van der Waals surface area contributed by atoms with Gasteiger partial charge in [-0.1, -0.05) is 37.6 Å². The van der Waals surface area contributed by atoms with Crippen molar-refractivity contribution in [2.24, 2.45) is 0 Å². The van der Waals surface area contributed by atoms with Crippen LogP contribution in [0.15, 0.2) is 18.2 Å². The molecule has 1 aliphatic rings. The van der Waals surface area contributed by atoms with Crippen LogP contribution >= 0.6 is 0 Å². The largest absolute Gasteiger partial charge is 0.338 e. The van der Waals surface area contributed by atoms with Gasteiger partial charge in [0, 0.05) is 20.0 Å². The number of amides is 1. The molecule has 0 aliphatic carbocycles. The van der Waals surface area contributed by atoms with Crippen LogP contribution in [0.3, 0.4) is 0 Å². The number of carbonyl (C=O) groups is 1. The molecule has 88 valence electrons. The summed E-state index contributed by atoms with van der Waals surface area (Å²) < 4.78 is 0. The van der Waals surface area contributed by atoms with Gasteiger partial charge in [-0.3, -0.25) is 4.79 Å². The van der Waals surface area contributed by atoms with E-state index in [0.717, 1.165) is 19.5 Å². The molecule has 0 bridgehead atoms. The fourth-order valence-corrected chi connectivity index (χ4v) is 1.95. The third-order valence-corrected chi connectivity index (χ3v) is 2.82. The molecule has 0 N–H and O–H groups in total. The molecule has 0 saturated carbocycles. The first-order chi connectivity index (χ1) is 7.66. The van der Waals surface area contributed by atoms with E-state index in [4.69, 9.17) is 0 Å². The number of hydrogen-bond acceptors (Lipinski definition) is 1. The van der Waals surface area contributed by atoms with Crippen LogP contribution in [0, 0.1) is 6.92 Å². The summed E-state index contributed by atoms with van der Waals surface area (Å²) in [5, 5.41) is 0. The number of benzene rings is 1. The Kier molecular flexibility index (Phi) is 4.53. The van der Waals surface area contributed by atoms with Crippen LogP contribution in [0.2, 0.25) is 0 Å². The van der Waals surface area contributed by atoms with Crippen LogP contribution in [0.5, 0.6) is 0 Å². The van der Waals surface area contributed by atoms with Gasteiger partial charge in [-0.05, 0) is 24.5 Å². The van der Waals surface area contributed by atoms with Crippen molar-refractivity contribution >= 4 is 5.91 Å². The predicted octanol–water partition coefficient (Wildman–Crippen LogP) is 2.93. The average Bonchev–Trinajstić information content (AvgIpc) is 2.30. The van der Waals surface area contributed by atoms with E-state index < -0.39 is 0 Å². The molecule has 0 unspecified atom stereocenters. The normalized spacial score (nSPS) is 13.6. The van der Waals surface area contributed by atoms with Crippen LogP contribution in [0.25, 0.3) is 0 Å². The maximum Gasteiger partial charge on any atom is 0.219 e. The Morgan fingerprint density at radius 3 is 2.56 bits per heavy atom. The van der Waals surface area contributed by atoms with Gasteiger partial charge in [0.1, 0.15) is 0 Å². The molecule has 16 heavy (non-hydrogen) atoms. The second-order valence-corrected chi connectivity index (χ2v) is 3.96. The first-order valence-corrected chi connectivity index (χ1v) is 6.01. The molecule has 0 radical (unpaired) electrons. The maximum atomic E-state index is 11.2. The smallest absolute Gasteiger partial charge is 0.219 e. The fourth-order valence-electron chi connectivity index (χ4n) is 1.95. The van der Waals surface area contributed by atoms with E-state index >= 15 is 0 Å². The van der Waals surface area contributed by atoms with Crippen LogP contribution < -0.4 is 0 Å². The van der Waals surface area contributed by atoms with Crippen LogP contribution in [-0.2, 0) is 17.8 Å². The van der Waals surface area contributed by atoms with Crippen LogP contribution in [0.1, 0.15) is 37.5 Å². The fraction of sp³-hybridized carbons (Fsp3) is 0.500. The Balaban J connectivity index is 0.000000606. The summed E-state index contributed by atoms with van der Waals surface area (Å²) in [7, 11) is 0. The van der Waals surface area contributed by atoms with Crippen molar-refractivity contribution in [3.63, 3.8) is 0 Å². The molecular formula is C14H21NO. The lowest BCUT2D eigenvalue weighted by atomic mass is 9.98. The van der Waals surface area contributed by atoms with Gasteiger partial charge in [-0.25, -0.2) is 0 Å². The zero-order chi connectivity index (χ0) is 12.1. The van der Waals surface area contributed by atoms with Crippen molar-refractivity contribution in [3.05, 3.63) is 34.9 Å². The quantitative estimate of drug-likeness (QED) is 0.657. The molecule has 0 fully saturated rings. The minimum atomic E-state index is 0.178.